The molecule has 1 atom stereocenters. The lowest BCUT2D eigenvalue weighted by molar-refractivity contribution is -0.133. The molecule has 2 aromatic rings. The predicted octanol–water partition coefficient (Wildman–Crippen LogP) is 2.74. The van der Waals surface area contributed by atoms with Gasteiger partial charge in [0.25, 0.3) is 5.89 Å². The van der Waals surface area contributed by atoms with Gasteiger partial charge in [0.15, 0.2) is 5.82 Å². The molecule has 1 saturated heterocycles. The lowest BCUT2D eigenvalue weighted by Gasteiger charge is -2.38. The summed E-state index contributed by atoms with van der Waals surface area (Å²) in [5, 5.41) is 4.12. The van der Waals surface area contributed by atoms with E-state index in [0.717, 1.165) is 37.1 Å². The molecule has 2 heterocycles. The summed E-state index contributed by atoms with van der Waals surface area (Å²) in [5.41, 5.74) is 0.843. The van der Waals surface area contributed by atoms with Crippen molar-refractivity contribution in [1.29, 1.82) is 0 Å². The molecule has 7 nitrogen and oxygen atoms in total. The molecule has 1 aliphatic rings. The van der Waals surface area contributed by atoms with Gasteiger partial charge in [-0.3, -0.25) is 4.79 Å². The summed E-state index contributed by atoms with van der Waals surface area (Å²) in [6, 6.07) is 7.85. The highest BCUT2D eigenvalue weighted by Crippen LogP contribution is 2.32. The van der Waals surface area contributed by atoms with E-state index in [0.29, 0.717) is 31.3 Å². The average molecular weight is 373 g/mol. The van der Waals surface area contributed by atoms with Crippen molar-refractivity contribution in [2.45, 2.75) is 44.6 Å². The molecule has 1 aromatic heterocycles. The van der Waals surface area contributed by atoms with E-state index in [1.54, 1.807) is 14.2 Å². The summed E-state index contributed by atoms with van der Waals surface area (Å²) >= 11 is 0. The maximum atomic E-state index is 12.7. The van der Waals surface area contributed by atoms with Crippen molar-refractivity contribution in [1.82, 2.24) is 15.0 Å². The van der Waals surface area contributed by atoms with Crippen LogP contribution < -0.4 is 4.74 Å². The SMILES string of the molecule is COCc1nc(C2(C)CCCN(C(=O)CCc3ccc(OC)cc3)C2)no1. The first-order valence-corrected chi connectivity index (χ1v) is 9.27. The Morgan fingerprint density at radius 1 is 1.30 bits per heavy atom. The van der Waals surface area contributed by atoms with Crippen LogP contribution in [0.5, 0.6) is 5.75 Å². The lowest BCUT2D eigenvalue weighted by Crippen LogP contribution is -2.47. The Morgan fingerprint density at radius 3 is 2.78 bits per heavy atom. The van der Waals surface area contributed by atoms with Crippen LogP contribution in [0.1, 0.15) is 43.5 Å². The average Bonchev–Trinajstić information content (AvgIpc) is 3.16. The summed E-state index contributed by atoms with van der Waals surface area (Å²) < 4.78 is 15.5. The molecular weight excluding hydrogens is 346 g/mol. The lowest BCUT2D eigenvalue weighted by atomic mass is 9.81. The zero-order valence-corrected chi connectivity index (χ0v) is 16.2. The van der Waals surface area contributed by atoms with E-state index >= 15 is 0 Å². The smallest absolute Gasteiger partial charge is 0.252 e. The monoisotopic (exact) mass is 373 g/mol. The third-order valence-electron chi connectivity index (χ3n) is 5.11. The van der Waals surface area contributed by atoms with Crippen molar-refractivity contribution in [3.05, 3.63) is 41.5 Å². The summed E-state index contributed by atoms with van der Waals surface area (Å²) in [5.74, 6) is 2.11. The van der Waals surface area contributed by atoms with Gasteiger partial charge in [-0.2, -0.15) is 4.98 Å². The number of aryl methyl sites for hydroxylation is 1. The molecular formula is C20H27N3O4. The fourth-order valence-corrected chi connectivity index (χ4v) is 3.52. The third kappa shape index (κ3) is 4.66. The van der Waals surface area contributed by atoms with Gasteiger partial charge < -0.3 is 18.9 Å². The molecule has 3 rings (SSSR count). The van der Waals surface area contributed by atoms with Gasteiger partial charge in [-0.05, 0) is 37.0 Å². The van der Waals surface area contributed by atoms with E-state index in [2.05, 4.69) is 17.1 Å². The van der Waals surface area contributed by atoms with Crippen LogP contribution in [-0.2, 0) is 28.0 Å². The van der Waals surface area contributed by atoms with E-state index in [1.807, 2.05) is 29.2 Å². The van der Waals surface area contributed by atoms with Crippen LogP contribution in [0, 0.1) is 0 Å². The van der Waals surface area contributed by atoms with E-state index in [-0.39, 0.29) is 11.3 Å². The van der Waals surface area contributed by atoms with Gasteiger partial charge in [-0.1, -0.05) is 24.2 Å². The number of likely N-dealkylation sites (tertiary alicyclic amines) is 1. The van der Waals surface area contributed by atoms with Gasteiger partial charge in [0.2, 0.25) is 5.91 Å². The number of piperidine rings is 1. The molecule has 0 N–H and O–H groups in total. The largest absolute Gasteiger partial charge is 0.497 e. The molecule has 1 fully saturated rings. The highest BCUT2D eigenvalue weighted by Gasteiger charge is 2.38. The number of hydrogen-bond donors (Lipinski definition) is 0. The minimum atomic E-state index is -0.288. The Hall–Kier alpha value is -2.41. The predicted molar refractivity (Wildman–Crippen MR) is 99.5 cm³/mol. The van der Waals surface area contributed by atoms with Crippen molar-refractivity contribution in [2.24, 2.45) is 0 Å². The summed E-state index contributed by atoms with van der Waals surface area (Å²) in [4.78, 5) is 19.1. The third-order valence-corrected chi connectivity index (χ3v) is 5.11. The molecule has 146 valence electrons. The highest BCUT2D eigenvalue weighted by atomic mass is 16.5. The first kappa shape index (κ1) is 19.4. The number of hydrogen-bond acceptors (Lipinski definition) is 6. The summed E-state index contributed by atoms with van der Waals surface area (Å²) in [6.07, 6.45) is 3.07. The fourth-order valence-electron chi connectivity index (χ4n) is 3.52. The minimum absolute atomic E-state index is 0.164. The zero-order valence-electron chi connectivity index (χ0n) is 16.2. The van der Waals surface area contributed by atoms with Gasteiger partial charge in [-0.25, -0.2) is 0 Å². The first-order valence-electron chi connectivity index (χ1n) is 9.27. The molecule has 1 aliphatic heterocycles. The van der Waals surface area contributed by atoms with Crippen LogP contribution in [0.15, 0.2) is 28.8 Å². The van der Waals surface area contributed by atoms with E-state index in [1.165, 1.54) is 0 Å². The quantitative estimate of drug-likeness (QED) is 0.743. The molecule has 1 aromatic carbocycles. The highest BCUT2D eigenvalue weighted by molar-refractivity contribution is 5.76. The second-order valence-electron chi connectivity index (χ2n) is 7.27. The molecule has 0 aliphatic carbocycles. The van der Waals surface area contributed by atoms with Gasteiger partial charge in [0, 0.05) is 32.0 Å². The van der Waals surface area contributed by atoms with Crippen LogP contribution >= 0.6 is 0 Å². The Labute approximate surface area is 159 Å². The molecule has 27 heavy (non-hydrogen) atoms. The Morgan fingerprint density at radius 2 is 2.07 bits per heavy atom. The van der Waals surface area contributed by atoms with Crippen LogP contribution in [-0.4, -0.2) is 48.3 Å². The molecule has 7 heteroatoms. The van der Waals surface area contributed by atoms with Crippen LogP contribution in [0.25, 0.3) is 0 Å². The zero-order chi connectivity index (χ0) is 19.3. The maximum Gasteiger partial charge on any atom is 0.252 e. The van der Waals surface area contributed by atoms with E-state index < -0.39 is 0 Å². The summed E-state index contributed by atoms with van der Waals surface area (Å²) in [6.45, 7) is 3.78. The van der Waals surface area contributed by atoms with Crippen molar-refractivity contribution < 1.29 is 18.8 Å². The van der Waals surface area contributed by atoms with Gasteiger partial charge in [0.05, 0.1) is 7.11 Å². The maximum absolute atomic E-state index is 12.7. The second kappa shape index (κ2) is 8.52. The first-order chi connectivity index (χ1) is 13.0. The van der Waals surface area contributed by atoms with Crippen molar-refractivity contribution in [3.8, 4) is 5.75 Å². The topological polar surface area (TPSA) is 77.7 Å². The minimum Gasteiger partial charge on any atom is -0.497 e. The Kier molecular flexibility index (Phi) is 6.11. The number of carbonyl (C=O) groups is 1. The fraction of sp³-hybridized carbons (Fsp3) is 0.550. The number of ether oxygens (including phenoxy) is 2. The number of benzene rings is 1. The van der Waals surface area contributed by atoms with Crippen molar-refractivity contribution >= 4 is 5.91 Å². The van der Waals surface area contributed by atoms with Gasteiger partial charge in [0.1, 0.15) is 12.4 Å². The van der Waals surface area contributed by atoms with Gasteiger partial charge in [-0.15, -0.1) is 0 Å². The Balaban J connectivity index is 1.59. The normalized spacial score (nSPS) is 19.9. The number of nitrogens with zero attached hydrogens (tertiary/aromatic N) is 3. The van der Waals surface area contributed by atoms with Gasteiger partial charge >= 0.3 is 0 Å². The number of aromatic nitrogens is 2. The number of amides is 1. The Bertz CT molecular complexity index is 759. The number of carbonyl (C=O) groups excluding carboxylic acids is 1. The van der Waals surface area contributed by atoms with Crippen LogP contribution in [0.4, 0.5) is 0 Å². The molecule has 1 unspecified atom stereocenters. The number of methoxy groups -OCH3 is 2. The van der Waals surface area contributed by atoms with E-state index in [9.17, 15) is 4.79 Å². The number of rotatable bonds is 7. The second-order valence-corrected chi connectivity index (χ2v) is 7.27. The van der Waals surface area contributed by atoms with Crippen LogP contribution in [0.3, 0.4) is 0 Å². The standard InChI is InChI=1S/C20H27N3O4/c1-20(19-21-17(13-25-2)27-22-19)11-4-12-23(14-20)18(24)10-7-15-5-8-16(26-3)9-6-15/h5-6,8-9H,4,7,10-14H2,1-3H3. The van der Waals surface area contributed by atoms with Crippen LogP contribution in [0.2, 0.25) is 0 Å². The molecule has 1 amide bonds. The summed E-state index contributed by atoms with van der Waals surface area (Å²) in [7, 11) is 3.24. The molecule has 0 saturated carbocycles. The van der Waals surface area contributed by atoms with E-state index in [4.69, 9.17) is 14.0 Å². The van der Waals surface area contributed by atoms with Crippen molar-refractivity contribution in [2.75, 3.05) is 27.3 Å². The molecule has 0 bridgehead atoms. The van der Waals surface area contributed by atoms with Crippen molar-refractivity contribution in [3.63, 3.8) is 0 Å². The molecule has 0 radical (unpaired) electrons. The molecule has 0 spiro atoms.